The molecule has 1 rings (SSSR count). The second-order valence-corrected chi connectivity index (χ2v) is 4.44. The third-order valence-corrected chi connectivity index (χ3v) is 2.70. The maximum absolute atomic E-state index is 11.9. The van der Waals surface area contributed by atoms with Gasteiger partial charge in [-0.3, -0.25) is 9.59 Å². The minimum atomic E-state index is -0.228. The van der Waals surface area contributed by atoms with Crippen molar-refractivity contribution >= 4 is 11.8 Å². The van der Waals surface area contributed by atoms with Crippen LogP contribution >= 0.6 is 0 Å². The number of nitrogens with zero attached hydrogens (tertiary/aromatic N) is 1. The lowest BCUT2D eigenvalue weighted by Crippen LogP contribution is -2.39. The van der Waals surface area contributed by atoms with Crippen LogP contribution in [0.5, 0.6) is 5.75 Å². The number of hydrogen-bond acceptors (Lipinski definition) is 4. The first kappa shape index (κ1) is 16.0. The summed E-state index contributed by atoms with van der Waals surface area (Å²) in [6, 6.07) is 6.50. The van der Waals surface area contributed by atoms with Gasteiger partial charge in [-0.05, 0) is 17.7 Å². The van der Waals surface area contributed by atoms with Crippen LogP contribution in [0.25, 0.3) is 0 Å². The average molecular weight is 280 g/mol. The highest BCUT2D eigenvalue weighted by Gasteiger charge is 2.13. The number of rotatable bonds is 7. The highest BCUT2D eigenvalue weighted by Crippen LogP contribution is 2.11. The van der Waals surface area contributed by atoms with Crippen molar-refractivity contribution in [3.05, 3.63) is 29.8 Å². The Morgan fingerprint density at radius 2 is 2.15 bits per heavy atom. The zero-order valence-electron chi connectivity index (χ0n) is 11.8. The molecule has 0 aliphatic carbocycles. The normalized spacial score (nSPS) is 10.1. The molecule has 2 N–H and O–H groups in total. The second-order valence-electron chi connectivity index (χ2n) is 4.44. The van der Waals surface area contributed by atoms with Crippen LogP contribution in [0.15, 0.2) is 24.3 Å². The van der Waals surface area contributed by atoms with E-state index >= 15 is 0 Å². The fourth-order valence-electron chi connectivity index (χ4n) is 1.63. The van der Waals surface area contributed by atoms with Gasteiger partial charge in [0.2, 0.25) is 11.8 Å². The smallest absolute Gasteiger partial charge is 0.239 e. The lowest BCUT2D eigenvalue weighted by molar-refractivity contribution is -0.134. The van der Waals surface area contributed by atoms with Gasteiger partial charge in [-0.15, -0.1) is 0 Å². The maximum atomic E-state index is 11.9. The Balaban J connectivity index is 2.41. The van der Waals surface area contributed by atoms with Crippen LogP contribution in [0.1, 0.15) is 5.56 Å². The third kappa shape index (κ3) is 5.71. The molecule has 0 aliphatic rings. The molecule has 0 radical (unpaired) electrons. The number of aromatic hydroxyl groups is 1. The zero-order chi connectivity index (χ0) is 15.0. The summed E-state index contributed by atoms with van der Waals surface area (Å²) in [5.74, 6) is -0.290. The van der Waals surface area contributed by atoms with Gasteiger partial charge in [0, 0.05) is 20.7 Å². The number of carbonyl (C=O) groups excluding carboxylic acids is 2. The largest absolute Gasteiger partial charge is 0.508 e. The number of benzene rings is 1. The first-order valence-electron chi connectivity index (χ1n) is 6.30. The summed E-state index contributed by atoms with van der Waals surface area (Å²) in [4.78, 5) is 24.8. The fourth-order valence-corrected chi connectivity index (χ4v) is 1.63. The van der Waals surface area contributed by atoms with Gasteiger partial charge in [0.1, 0.15) is 5.75 Å². The standard InChI is InChI=1S/C14H20N2O4/c1-16(10-13(18)15-6-7-20-2)14(19)9-11-4-3-5-12(17)8-11/h3-5,8,17H,6-7,9-10H2,1-2H3,(H,15,18). The summed E-state index contributed by atoms with van der Waals surface area (Å²) in [5.41, 5.74) is 0.710. The first-order valence-corrected chi connectivity index (χ1v) is 6.30. The average Bonchev–Trinajstić information content (AvgIpc) is 2.38. The Hall–Kier alpha value is -2.08. The van der Waals surface area contributed by atoms with Crippen molar-refractivity contribution in [1.82, 2.24) is 10.2 Å². The van der Waals surface area contributed by atoms with E-state index in [2.05, 4.69) is 5.32 Å². The molecule has 0 aliphatic heterocycles. The Morgan fingerprint density at radius 1 is 1.40 bits per heavy atom. The topological polar surface area (TPSA) is 78.9 Å². The van der Waals surface area contributed by atoms with Crippen LogP contribution in [0.4, 0.5) is 0 Å². The number of ether oxygens (including phenoxy) is 1. The van der Waals surface area contributed by atoms with Crippen molar-refractivity contribution in [3.63, 3.8) is 0 Å². The molecule has 0 unspecified atom stereocenters. The molecule has 0 saturated carbocycles. The van der Waals surface area contributed by atoms with Crippen molar-refractivity contribution < 1.29 is 19.4 Å². The Labute approximate surface area is 118 Å². The molecule has 110 valence electrons. The van der Waals surface area contributed by atoms with Gasteiger partial charge >= 0.3 is 0 Å². The van der Waals surface area contributed by atoms with E-state index in [4.69, 9.17) is 4.74 Å². The Bertz CT molecular complexity index is 462. The minimum absolute atomic E-state index is 0.00135. The summed E-state index contributed by atoms with van der Waals surface area (Å²) in [5, 5.41) is 12.0. The number of methoxy groups -OCH3 is 1. The van der Waals surface area contributed by atoms with Crippen LogP contribution < -0.4 is 5.32 Å². The number of phenolic OH excluding ortho intramolecular Hbond substituents is 1. The van der Waals surface area contributed by atoms with Gasteiger partial charge in [-0.2, -0.15) is 0 Å². The van der Waals surface area contributed by atoms with E-state index in [1.807, 2.05) is 0 Å². The predicted molar refractivity (Wildman–Crippen MR) is 74.3 cm³/mol. The van der Waals surface area contributed by atoms with Crippen molar-refractivity contribution in [1.29, 1.82) is 0 Å². The molecule has 0 saturated heterocycles. The summed E-state index contributed by atoms with van der Waals surface area (Å²) in [6.07, 6.45) is 0.149. The lowest BCUT2D eigenvalue weighted by atomic mass is 10.1. The van der Waals surface area contributed by atoms with Crippen LogP contribution in [-0.2, 0) is 20.7 Å². The van der Waals surface area contributed by atoms with E-state index < -0.39 is 0 Å². The van der Waals surface area contributed by atoms with E-state index in [-0.39, 0.29) is 30.5 Å². The molecule has 20 heavy (non-hydrogen) atoms. The minimum Gasteiger partial charge on any atom is -0.508 e. The van der Waals surface area contributed by atoms with Crippen molar-refractivity contribution in [2.24, 2.45) is 0 Å². The third-order valence-electron chi connectivity index (χ3n) is 2.70. The molecule has 0 aromatic heterocycles. The molecule has 6 heteroatoms. The molecule has 2 amide bonds. The Kier molecular flexibility index (Phi) is 6.52. The number of likely N-dealkylation sites (N-methyl/N-ethyl adjacent to an activating group) is 1. The van der Waals surface area contributed by atoms with Gasteiger partial charge in [-0.1, -0.05) is 12.1 Å². The second kappa shape index (κ2) is 8.16. The fraction of sp³-hybridized carbons (Fsp3) is 0.429. The summed E-state index contributed by atoms with van der Waals surface area (Å²) < 4.78 is 4.82. The number of phenols is 1. The van der Waals surface area contributed by atoms with Crippen LogP contribution in [-0.4, -0.2) is 55.7 Å². The predicted octanol–water partition coefficient (Wildman–Crippen LogP) is 0.156. The van der Waals surface area contributed by atoms with E-state index in [0.29, 0.717) is 18.7 Å². The molecule has 0 heterocycles. The summed E-state index contributed by atoms with van der Waals surface area (Å²) in [7, 11) is 3.12. The number of hydrogen-bond donors (Lipinski definition) is 2. The molecule has 1 aromatic carbocycles. The highest BCUT2D eigenvalue weighted by atomic mass is 16.5. The molecule has 0 fully saturated rings. The van der Waals surface area contributed by atoms with Gasteiger partial charge < -0.3 is 20.1 Å². The van der Waals surface area contributed by atoms with E-state index in [9.17, 15) is 14.7 Å². The van der Waals surface area contributed by atoms with Crippen molar-refractivity contribution in [3.8, 4) is 5.75 Å². The lowest BCUT2D eigenvalue weighted by Gasteiger charge is -2.16. The molecule has 0 bridgehead atoms. The van der Waals surface area contributed by atoms with Gasteiger partial charge in [0.25, 0.3) is 0 Å². The molecule has 0 atom stereocenters. The Morgan fingerprint density at radius 3 is 2.80 bits per heavy atom. The van der Waals surface area contributed by atoms with E-state index in [0.717, 1.165) is 0 Å². The van der Waals surface area contributed by atoms with Crippen LogP contribution in [0.2, 0.25) is 0 Å². The number of amides is 2. The quantitative estimate of drug-likeness (QED) is 0.697. The summed E-state index contributed by atoms with van der Waals surface area (Å²) >= 11 is 0. The zero-order valence-corrected chi connectivity index (χ0v) is 11.8. The maximum Gasteiger partial charge on any atom is 0.239 e. The number of nitrogens with one attached hydrogen (secondary N) is 1. The van der Waals surface area contributed by atoms with Crippen LogP contribution in [0.3, 0.4) is 0 Å². The van der Waals surface area contributed by atoms with E-state index in [1.165, 1.54) is 11.0 Å². The van der Waals surface area contributed by atoms with Gasteiger partial charge in [-0.25, -0.2) is 0 Å². The molecular formula is C14H20N2O4. The van der Waals surface area contributed by atoms with E-state index in [1.54, 1.807) is 32.4 Å². The van der Waals surface area contributed by atoms with Crippen LogP contribution in [0, 0.1) is 0 Å². The monoisotopic (exact) mass is 280 g/mol. The van der Waals surface area contributed by atoms with Gasteiger partial charge in [0.15, 0.2) is 0 Å². The van der Waals surface area contributed by atoms with Crippen molar-refractivity contribution in [2.75, 3.05) is 33.9 Å². The molecule has 0 spiro atoms. The molecule has 1 aromatic rings. The number of carbonyl (C=O) groups is 2. The SMILES string of the molecule is COCCNC(=O)CN(C)C(=O)Cc1cccc(O)c1. The molecule has 6 nitrogen and oxygen atoms in total. The molecular weight excluding hydrogens is 260 g/mol. The van der Waals surface area contributed by atoms with Crippen molar-refractivity contribution in [2.45, 2.75) is 6.42 Å². The highest BCUT2D eigenvalue weighted by molar-refractivity contribution is 5.85. The summed E-state index contributed by atoms with van der Waals surface area (Å²) in [6.45, 7) is 0.859. The van der Waals surface area contributed by atoms with Gasteiger partial charge in [0.05, 0.1) is 19.6 Å². The first-order chi connectivity index (χ1) is 9.52.